The predicted octanol–water partition coefficient (Wildman–Crippen LogP) is 2.23. The van der Waals surface area contributed by atoms with Gasteiger partial charge in [0.05, 0.1) is 20.6 Å². The third-order valence-corrected chi connectivity index (χ3v) is 3.38. The van der Waals surface area contributed by atoms with Gasteiger partial charge in [0.15, 0.2) is 0 Å². The van der Waals surface area contributed by atoms with Gasteiger partial charge in [0.25, 0.3) is 0 Å². The highest BCUT2D eigenvalue weighted by Crippen LogP contribution is 2.10. The first kappa shape index (κ1) is 18.2. The zero-order valence-corrected chi connectivity index (χ0v) is 13.4. The summed E-state index contributed by atoms with van der Waals surface area (Å²) in [5.74, 6) is -0.351. The van der Waals surface area contributed by atoms with Crippen molar-refractivity contribution in [3.05, 3.63) is 35.4 Å². The van der Waals surface area contributed by atoms with Crippen LogP contribution in [0.15, 0.2) is 24.3 Å². The van der Waals surface area contributed by atoms with Crippen LogP contribution < -0.4 is 5.32 Å². The van der Waals surface area contributed by atoms with Gasteiger partial charge < -0.3 is 14.8 Å². The first-order valence-corrected chi connectivity index (χ1v) is 7.58. The molecule has 22 heavy (non-hydrogen) atoms. The molecule has 1 aromatic rings. The summed E-state index contributed by atoms with van der Waals surface area (Å²) in [6.07, 6.45) is 3.62. The molecule has 0 radical (unpaired) electrons. The van der Waals surface area contributed by atoms with E-state index in [2.05, 4.69) is 33.0 Å². The van der Waals surface area contributed by atoms with E-state index in [0.717, 1.165) is 25.8 Å². The molecule has 0 heterocycles. The van der Waals surface area contributed by atoms with Crippen molar-refractivity contribution < 1.29 is 19.1 Å². The molecule has 0 fully saturated rings. The summed E-state index contributed by atoms with van der Waals surface area (Å²) in [5, 5.41) is 3.22. The molecule has 0 unspecified atom stereocenters. The molecule has 5 nitrogen and oxygen atoms in total. The Labute approximate surface area is 132 Å². The standard InChI is InChI=1S/C17H25NO4/c1-21-16(19)9-4-3-6-14-7-5-8-15(12-14)13-18-11-10-17(20)22-2/h5,7-8,12,18H,3-4,6,9-11,13H2,1-2H3. The highest BCUT2D eigenvalue weighted by Gasteiger charge is 2.02. The quantitative estimate of drug-likeness (QED) is 0.530. The van der Waals surface area contributed by atoms with Crippen molar-refractivity contribution in [3.63, 3.8) is 0 Å². The van der Waals surface area contributed by atoms with Crippen molar-refractivity contribution >= 4 is 11.9 Å². The monoisotopic (exact) mass is 307 g/mol. The van der Waals surface area contributed by atoms with Crippen molar-refractivity contribution in [3.8, 4) is 0 Å². The molecule has 0 aliphatic carbocycles. The second kappa shape index (κ2) is 10.8. The van der Waals surface area contributed by atoms with Crippen molar-refractivity contribution in [1.82, 2.24) is 5.32 Å². The lowest BCUT2D eigenvalue weighted by atomic mass is 10.0. The number of esters is 2. The number of carbonyl (C=O) groups excluding carboxylic acids is 2. The first-order chi connectivity index (χ1) is 10.7. The number of ether oxygens (including phenoxy) is 2. The van der Waals surface area contributed by atoms with Gasteiger partial charge in [-0.1, -0.05) is 24.3 Å². The fraction of sp³-hybridized carbons (Fsp3) is 0.529. The Bertz CT molecular complexity index is 434. The van der Waals surface area contributed by atoms with Crippen molar-refractivity contribution in [2.75, 3.05) is 20.8 Å². The lowest BCUT2D eigenvalue weighted by molar-refractivity contribution is -0.141. The molecule has 0 atom stereocenters. The number of methoxy groups -OCH3 is 2. The number of rotatable bonds is 10. The predicted molar refractivity (Wildman–Crippen MR) is 84.4 cm³/mol. The number of carbonyl (C=O) groups is 2. The Morgan fingerprint density at radius 2 is 1.68 bits per heavy atom. The van der Waals surface area contributed by atoms with Gasteiger partial charge in [-0.25, -0.2) is 0 Å². The van der Waals surface area contributed by atoms with Crippen LogP contribution in [-0.2, 0) is 32.0 Å². The molecule has 0 saturated carbocycles. The molecule has 122 valence electrons. The van der Waals surface area contributed by atoms with Crippen LogP contribution in [0.3, 0.4) is 0 Å². The van der Waals surface area contributed by atoms with E-state index in [4.69, 9.17) is 0 Å². The van der Waals surface area contributed by atoms with Gasteiger partial charge in [0.2, 0.25) is 0 Å². The molecule has 0 saturated heterocycles. The third-order valence-electron chi connectivity index (χ3n) is 3.38. The van der Waals surface area contributed by atoms with E-state index in [1.54, 1.807) is 0 Å². The van der Waals surface area contributed by atoms with Crippen molar-refractivity contribution in [2.24, 2.45) is 0 Å². The largest absolute Gasteiger partial charge is 0.469 e. The Hall–Kier alpha value is -1.88. The van der Waals surface area contributed by atoms with Crippen LogP contribution in [0.5, 0.6) is 0 Å². The molecule has 1 rings (SSSR count). The van der Waals surface area contributed by atoms with Gasteiger partial charge in [0, 0.05) is 19.5 Å². The maximum Gasteiger partial charge on any atom is 0.306 e. The number of benzene rings is 1. The molecule has 0 aliphatic rings. The summed E-state index contributed by atoms with van der Waals surface area (Å²) >= 11 is 0. The lowest BCUT2D eigenvalue weighted by Gasteiger charge is -2.07. The van der Waals surface area contributed by atoms with Crippen LogP contribution in [0.25, 0.3) is 0 Å². The number of nitrogens with one attached hydrogen (secondary N) is 1. The van der Waals surface area contributed by atoms with Gasteiger partial charge >= 0.3 is 11.9 Å². The zero-order valence-electron chi connectivity index (χ0n) is 13.4. The van der Waals surface area contributed by atoms with Crippen molar-refractivity contribution in [2.45, 2.75) is 38.6 Å². The zero-order chi connectivity index (χ0) is 16.2. The van der Waals surface area contributed by atoms with Gasteiger partial charge in [-0.2, -0.15) is 0 Å². The summed E-state index contributed by atoms with van der Waals surface area (Å²) in [5.41, 5.74) is 2.45. The van der Waals surface area contributed by atoms with Gasteiger partial charge in [-0.15, -0.1) is 0 Å². The Morgan fingerprint density at radius 3 is 2.41 bits per heavy atom. The molecule has 0 amide bonds. The van der Waals surface area contributed by atoms with E-state index in [9.17, 15) is 9.59 Å². The Morgan fingerprint density at radius 1 is 1.00 bits per heavy atom. The Balaban J connectivity index is 2.26. The normalized spacial score (nSPS) is 10.3. The van der Waals surface area contributed by atoms with E-state index < -0.39 is 0 Å². The first-order valence-electron chi connectivity index (χ1n) is 7.58. The highest BCUT2D eigenvalue weighted by atomic mass is 16.5. The van der Waals surface area contributed by atoms with Crippen LogP contribution in [0.4, 0.5) is 0 Å². The molecule has 1 N–H and O–H groups in total. The second-order valence-electron chi connectivity index (χ2n) is 5.11. The van der Waals surface area contributed by atoms with Crippen LogP contribution in [0, 0.1) is 0 Å². The number of aryl methyl sites for hydroxylation is 1. The summed E-state index contributed by atoms with van der Waals surface area (Å²) in [6, 6.07) is 8.34. The van der Waals surface area contributed by atoms with Crippen molar-refractivity contribution in [1.29, 1.82) is 0 Å². The SMILES string of the molecule is COC(=O)CCCCc1cccc(CNCCC(=O)OC)c1. The molecule has 0 bridgehead atoms. The average Bonchev–Trinajstić information content (AvgIpc) is 2.55. The molecule has 1 aromatic carbocycles. The van der Waals surface area contributed by atoms with E-state index in [1.165, 1.54) is 25.3 Å². The van der Waals surface area contributed by atoms with Crippen LogP contribution >= 0.6 is 0 Å². The number of hydrogen-bond donors (Lipinski definition) is 1. The number of hydrogen-bond acceptors (Lipinski definition) is 5. The molecule has 0 spiro atoms. The molecule has 5 heteroatoms. The van der Waals surface area contributed by atoms with Crippen LogP contribution in [0.1, 0.15) is 36.8 Å². The maximum absolute atomic E-state index is 11.0. The summed E-state index contributed by atoms with van der Waals surface area (Å²) in [4.78, 5) is 22.0. The molecule has 0 aliphatic heterocycles. The smallest absolute Gasteiger partial charge is 0.306 e. The maximum atomic E-state index is 11.0. The summed E-state index contributed by atoms with van der Waals surface area (Å²) < 4.78 is 9.21. The fourth-order valence-corrected chi connectivity index (χ4v) is 2.12. The fourth-order valence-electron chi connectivity index (χ4n) is 2.12. The Kier molecular flexibility index (Phi) is 8.91. The minimum Gasteiger partial charge on any atom is -0.469 e. The summed E-state index contributed by atoms with van der Waals surface area (Å²) in [7, 11) is 2.81. The van der Waals surface area contributed by atoms with E-state index in [0.29, 0.717) is 19.4 Å². The summed E-state index contributed by atoms with van der Waals surface area (Å²) in [6.45, 7) is 1.34. The topological polar surface area (TPSA) is 64.6 Å². The van der Waals surface area contributed by atoms with Gasteiger partial charge in [-0.3, -0.25) is 9.59 Å². The van der Waals surface area contributed by atoms with Gasteiger partial charge in [-0.05, 0) is 30.4 Å². The minimum absolute atomic E-state index is 0.149. The second-order valence-corrected chi connectivity index (χ2v) is 5.11. The highest BCUT2D eigenvalue weighted by molar-refractivity contribution is 5.69. The number of unbranched alkanes of at least 4 members (excludes halogenated alkanes) is 1. The molecular formula is C17H25NO4. The van der Waals surface area contributed by atoms with Gasteiger partial charge in [0.1, 0.15) is 0 Å². The van der Waals surface area contributed by atoms with Crippen LogP contribution in [-0.4, -0.2) is 32.7 Å². The minimum atomic E-state index is -0.202. The molecule has 0 aromatic heterocycles. The van der Waals surface area contributed by atoms with E-state index in [1.807, 2.05) is 6.07 Å². The lowest BCUT2D eigenvalue weighted by Crippen LogP contribution is -2.18. The van der Waals surface area contributed by atoms with Crippen LogP contribution in [0.2, 0.25) is 0 Å². The van der Waals surface area contributed by atoms with E-state index in [-0.39, 0.29) is 11.9 Å². The third kappa shape index (κ3) is 7.78. The average molecular weight is 307 g/mol. The molecular weight excluding hydrogens is 282 g/mol. The van der Waals surface area contributed by atoms with E-state index >= 15 is 0 Å².